The topological polar surface area (TPSA) is 68.3 Å². The Bertz CT molecular complexity index is 1280. The molecule has 7 heteroatoms. The predicted octanol–water partition coefficient (Wildman–Crippen LogP) is 5.88. The Labute approximate surface area is 223 Å². The Hall–Kier alpha value is -3.84. The summed E-state index contributed by atoms with van der Waals surface area (Å²) >= 11 is 0. The zero-order chi connectivity index (χ0) is 26.6. The van der Waals surface area contributed by atoms with Gasteiger partial charge < -0.3 is 9.47 Å². The van der Waals surface area contributed by atoms with Gasteiger partial charge in [0.1, 0.15) is 5.92 Å². The third-order valence-electron chi connectivity index (χ3n) is 7.09. The third-order valence-corrected chi connectivity index (χ3v) is 7.09. The van der Waals surface area contributed by atoms with Crippen molar-refractivity contribution in [3.8, 4) is 11.5 Å². The molecule has 2 amide bonds. The highest BCUT2D eigenvalue weighted by Crippen LogP contribution is 2.48. The maximum atomic E-state index is 13.9. The van der Waals surface area contributed by atoms with Gasteiger partial charge >= 0.3 is 0 Å². The molecule has 2 saturated heterocycles. The number of benzene rings is 3. The van der Waals surface area contributed by atoms with E-state index in [1.54, 1.807) is 5.06 Å². The van der Waals surface area contributed by atoms with E-state index in [1.807, 2.05) is 79.7 Å². The van der Waals surface area contributed by atoms with Crippen LogP contribution in [-0.4, -0.2) is 31.1 Å². The number of nitrogens with zero attached hydrogens (tertiary/aromatic N) is 2. The van der Waals surface area contributed by atoms with E-state index in [1.165, 1.54) is 4.90 Å². The van der Waals surface area contributed by atoms with Crippen LogP contribution in [0.15, 0.2) is 72.8 Å². The number of hydrogen-bond donors (Lipinski definition) is 0. The quantitative estimate of drug-likeness (QED) is 0.249. The average Bonchev–Trinajstić information content (AvgIpc) is 3.46. The predicted molar refractivity (Wildman–Crippen MR) is 146 cm³/mol. The minimum Gasteiger partial charge on any atom is -0.490 e. The first-order valence-electron chi connectivity index (χ1n) is 13.4. The van der Waals surface area contributed by atoms with Crippen LogP contribution < -0.4 is 19.4 Å². The van der Waals surface area contributed by atoms with Gasteiger partial charge in [-0.2, -0.15) is 0 Å². The van der Waals surface area contributed by atoms with E-state index >= 15 is 0 Å². The van der Waals surface area contributed by atoms with Gasteiger partial charge in [-0.1, -0.05) is 56.7 Å². The lowest BCUT2D eigenvalue weighted by Gasteiger charge is -2.29. The van der Waals surface area contributed by atoms with Crippen molar-refractivity contribution < 1.29 is 23.9 Å². The number of hydrogen-bond acceptors (Lipinski definition) is 6. The molecule has 2 heterocycles. The molecule has 2 aliphatic rings. The fourth-order valence-corrected chi connectivity index (χ4v) is 5.11. The van der Waals surface area contributed by atoms with Crippen molar-refractivity contribution in [3.63, 3.8) is 0 Å². The van der Waals surface area contributed by atoms with Gasteiger partial charge in [-0.05, 0) is 67.3 Å². The minimum atomic E-state index is -0.922. The SMILES string of the molecule is CCCCOc1ccc([C@@H]2[C@H]3C(=O)N(c4ccc(CC)cc4)C(=O)[C@H]3ON2c2ccccc2)cc1OCC. The van der Waals surface area contributed by atoms with Crippen LogP contribution in [0, 0.1) is 5.92 Å². The fourth-order valence-electron chi connectivity index (χ4n) is 5.11. The van der Waals surface area contributed by atoms with Crippen molar-refractivity contribution in [3.05, 3.63) is 83.9 Å². The molecule has 0 N–H and O–H groups in total. The second-order valence-electron chi connectivity index (χ2n) is 9.53. The van der Waals surface area contributed by atoms with Crippen LogP contribution in [0.4, 0.5) is 11.4 Å². The highest BCUT2D eigenvalue weighted by atomic mass is 16.7. The van der Waals surface area contributed by atoms with Crippen molar-refractivity contribution in [2.75, 3.05) is 23.2 Å². The van der Waals surface area contributed by atoms with Crippen LogP contribution in [0.2, 0.25) is 0 Å². The zero-order valence-electron chi connectivity index (χ0n) is 22.1. The van der Waals surface area contributed by atoms with Crippen molar-refractivity contribution in [2.24, 2.45) is 5.92 Å². The lowest BCUT2D eigenvalue weighted by molar-refractivity contribution is -0.126. The van der Waals surface area contributed by atoms with Crippen LogP contribution >= 0.6 is 0 Å². The number of unbranched alkanes of at least 4 members (excludes halogenated alkanes) is 1. The van der Waals surface area contributed by atoms with Crippen LogP contribution in [0.3, 0.4) is 0 Å². The molecule has 0 spiro atoms. The molecule has 0 aromatic heterocycles. The minimum absolute atomic E-state index is 0.270. The summed E-state index contributed by atoms with van der Waals surface area (Å²) < 4.78 is 11.9. The normalized spacial score (nSPS) is 20.7. The number of fused-ring (bicyclic) bond motifs is 1. The molecule has 0 saturated carbocycles. The molecule has 3 aromatic rings. The van der Waals surface area contributed by atoms with Crippen molar-refractivity contribution >= 4 is 23.2 Å². The average molecular weight is 515 g/mol. The van der Waals surface area contributed by atoms with Gasteiger partial charge in [-0.15, -0.1) is 0 Å². The summed E-state index contributed by atoms with van der Waals surface area (Å²) in [5.41, 5.74) is 3.29. The van der Waals surface area contributed by atoms with E-state index in [-0.39, 0.29) is 11.8 Å². The number of ether oxygens (including phenoxy) is 2. The molecular formula is C31H34N2O5. The number of rotatable bonds is 10. The summed E-state index contributed by atoms with van der Waals surface area (Å²) in [5.74, 6) is -0.0559. The molecule has 5 rings (SSSR count). The Morgan fingerprint density at radius 3 is 2.26 bits per heavy atom. The largest absolute Gasteiger partial charge is 0.490 e. The molecule has 7 nitrogen and oxygen atoms in total. The molecule has 0 aliphatic carbocycles. The first-order chi connectivity index (χ1) is 18.6. The molecule has 0 radical (unpaired) electrons. The van der Waals surface area contributed by atoms with E-state index < -0.39 is 18.1 Å². The van der Waals surface area contributed by atoms with Gasteiger partial charge in [0.25, 0.3) is 5.91 Å². The zero-order valence-corrected chi connectivity index (χ0v) is 22.1. The molecule has 0 bridgehead atoms. The van der Waals surface area contributed by atoms with Crippen molar-refractivity contribution in [1.82, 2.24) is 0 Å². The van der Waals surface area contributed by atoms with Crippen LogP contribution in [0.25, 0.3) is 0 Å². The number of imide groups is 1. The number of aryl methyl sites for hydroxylation is 1. The molecule has 0 unspecified atom stereocenters. The summed E-state index contributed by atoms with van der Waals surface area (Å²) in [6.45, 7) is 7.18. The van der Waals surface area contributed by atoms with Crippen molar-refractivity contribution in [1.29, 1.82) is 0 Å². The van der Waals surface area contributed by atoms with Gasteiger partial charge in [0.05, 0.1) is 30.6 Å². The van der Waals surface area contributed by atoms with E-state index in [0.29, 0.717) is 30.4 Å². The molecular weight excluding hydrogens is 480 g/mol. The number of para-hydroxylation sites is 1. The lowest BCUT2D eigenvalue weighted by Crippen LogP contribution is -2.37. The number of anilines is 2. The van der Waals surface area contributed by atoms with Gasteiger partial charge in [0.15, 0.2) is 17.6 Å². The first-order valence-corrected chi connectivity index (χ1v) is 13.4. The standard InChI is InChI=1S/C31H34N2O5/c1-4-7-19-37-25-18-15-22(20-26(25)36-6-3)28-27-29(38-33(28)24-11-9-8-10-12-24)31(35)32(30(27)34)23-16-13-21(5-2)14-17-23/h8-18,20,27-29H,4-7,19H2,1-3H3/t27-,28-,29+/m1/s1. The fraction of sp³-hybridized carbons (Fsp3) is 0.355. The van der Waals surface area contributed by atoms with Crippen LogP contribution in [-0.2, 0) is 20.8 Å². The Balaban J connectivity index is 1.54. The molecule has 3 atom stereocenters. The van der Waals surface area contributed by atoms with Gasteiger partial charge in [0.2, 0.25) is 5.91 Å². The summed E-state index contributed by atoms with van der Waals surface area (Å²) in [6, 6.07) is 22.3. The van der Waals surface area contributed by atoms with E-state index in [0.717, 1.165) is 36.1 Å². The Kier molecular flexibility index (Phi) is 7.65. The maximum absolute atomic E-state index is 13.9. The van der Waals surface area contributed by atoms with Gasteiger partial charge in [-0.25, -0.2) is 9.96 Å². The highest BCUT2D eigenvalue weighted by molar-refractivity contribution is 6.23. The molecule has 38 heavy (non-hydrogen) atoms. The van der Waals surface area contributed by atoms with Crippen LogP contribution in [0.1, 0.15) is 50.8 Å². The Morgan fingerprint density at radius 1 is 0.816 bits per heavy atom. The molecule has 2 aliphatic heterocycles. The first kappa shape index (κ1) is 25.8. The highest BCUT2D eigenvalue weighted by Gasteiger charge is 2.60. The monoisotopic (exact) mass is 514 g/mol. The van der Waals surface area contributed by atoms with Gasteiger partial charge in [0, 0.05) is 0 Å². The van der Waals surface area contributed by atoms with Crippen molar-refractivity contribution in [2.45, 2.75) is 52.2 Å². The second-order valence-corrected chi connectivity index (χ2v) is 9.53. The Morgan fingerprint density at radius 2 is 1.58 bits per heavy atom. The summed E-state index contributed by atoms with van der Waals surface area (Å²) in [6.07, 6.45) is 1.94. The number of amides is 2. The third kappa shape index (κ3) is 4.74. The van der Waals surface area contributed by atoms with E-state index in [2.05, 4.69) is 13.8 Å². The number of carbonyl (C=O) groups excluding carboxylic acids is 2. The molecule has 3 aromatic carbocycles. The summed E-state index contributed by atoms with van der Waals surface area (Å²) in [4.78, 5) is 35.0. The molecule has 2 fully saturated rings. The molecule has 198 valence electrons. The number of hydroxylamine groups is 1. The smallest absolute Gasteiger partial charge is 0.266 e. The van der Waals surface area contributed by atoms with Gasteiger partial charge in [-0.3, -0.25) is 14.4 Å². The lowest BCUT2D eigenvalue weighted by atomic mass is 9.90. The summed E-state index contributed by atoms with van der Waals surface area (Å²) in [5, 5.41) is 1.70. The summed E-state index contributed by atoms with van der Waals surface area (Å²) in [7, 11) is 0. The number of carbonyl (C=O) groups is 2. The maximum Gasteiger partial charge on any atom is 0.266 e. The van der Waals surface area contributed by atoms with E-state index in [4.69, 9.17) is 14.3 Å². The second kappa shape index (κ2) is 11.3. The van der Waals surface area contributed by atoms with Crippen LogP contribution in [0.5, 0.6) is 11.5 Å². The van der Waals surface area contributed by atoms with E-state index in [9.17, 15) is 9.59 Å².